The van der Waals surface area contributed by atoms with Crippen molar-refractivity contribution in [2.75, 3.05) is 26.3 Å². The van der Waals surface area contributed by atoms with Crippen molar-refractivity contribution in [3.05, 3.63) is 79.0 Å². The molecule has 2 aromatic carbocycles. The minimum absolute atomic E-state index is 0.447. The number of aromatic hydroxyl groups is 1. The third kappa shape index (κ3) is 5.14. The predicted molar refractivity (Wildman–Crippen MR) is 112 cm³/mol. The molecule has 13 nitrogen and oxygen atoms in total. The minimum Gasteiger partial charge on any atom is -0.497 e. The minimum atomic E-state index is -1.21. The number of hydrogen-bond acceptors (Lipinski definition) is 9. The zero-order valence-electron chi connectivity index (χ0n) is 16.7. The first kappa shape index (κ1) is 22.6. The van der Waals surface area contributed by atoms with Crippen LogP contribution in [0.2, 0.25) is 0 Å². The van der Waals surface area contributed by atoms with Gasteiger partial charge in [-0.15, -0.1) is 0 Å². The maximum absolute atomic E-state index is 10.4. The highest BCUT2D eigenvalue weighted by molar-refractivity contribution is 5.79. The van der Waals surface area contributed by atoms with Gasteiger partial charge in [-0.25, -0.2) is 0 Å². The molecule has 1 aliphatic rings. The molecule has 1 aliphatic heterocycles. The molecule has 1 fully saturated rings. The van der Waals surface area contributed by atoms with Crippen LogP contribution in [0.5, 0.6) is 5.75 Å². The Morgan fingerprint density at radius 2 is 1.50 bits per heavy atom. The normalized spacial score (nSPS) is 13.9. The number of fused-ring (bicyclic) bond motifs is 1. The average molecular weight is 445 g/mol. The van der Waals surface area contributed by atoms with E-state index in [0.29, 0.717) is 12.1 Å². The molecule has 4 rings (SSSR count). The van der Waals surface area contributed by atoms with Crippen LogP contribution in [0.4, 0.5) is 17.1 Å². The molecule has 0 radical (unpaired) electrons. The molecular weight excluding hydrogens is 426 g/mol. The molecule has 0 unspecified atom stereocenters. The van der Waals surface area contributed by atoms with E-state index >= 15 is 0 Å². The van der Waals surface area contributed by atoms with Crippen molar-refractivity contribution in [2.24, 2.45) is 0 Å². The van der Waals surface area contributed by atoms with Gasteiger partial charge in [-0.05, 0) is 17.5 Å². The van der Waals surface area contributed by atoms with Gasteiger partial charge in [0.05, 0.1) is 46.8 Å². The van der Waals surface area contributed by atoms with Crippen LogP contribution in [-0.2, 0) is 11.4 Å². The summed E-state index contributed by atoms with van der Waals surface area (Å²) < 4.78 is 7.66. The summed E-state index contributed by atoms with van der Waals surface area (Å²) in [6.07, 6.45) is 2.17. The summed E-state index contributed by atoms with van der Waals surface area (Å²) in [5.41, 5.74) is -1.69. The molecule has 0 bridgehead atoms. The summed E-state index contributed by atoms with van der Waals surface area (Å²) in [6, 6.07) is 11.6. The predicted octanol–water partition coefficient (Wildman–Crippen LogP) is 3.05. The van der Waals surface area contributed by atoms with Crippen molar-refractivity contribution in [2.45, 2.75) is 6.67 Å². The van der Waals surface area contributed by atoms with E-state index < -0.39 is 37.6 Å². The van der Waals surface area contributed by atoms with Crippen LogP contribution in [0.15, 0.2) is 48.7 Å². The summed E-state index contributed by atoms with van der Waals surface area (Å²) >= 11 is 0. The van der Waals surface area contributed by atoms with Crippen LogP contribution in [0.3, 0.4) is 0 Å². The van der Waals surface area contributed by atoms with Gasteiger partial charge in [0, 0.05) is 24.8 Å². The van der Waals surface area contributed by atoms with Gasteiger partial charge in [0.15, 0.2) is 0 Å². The lowest BCUT2D eigenvalue weighted by Crippen LogP contribution is -2.37. The van der Waals surface area contributed by atoms with Crippen LogP contribution in [0, 0.1) is 30.3 Å². The topological polar surface area (TPSA) is 167 Å². The first-order valence-corrected chi connectivity index (χ1v) is 9.42. The van der Waals surface area contributed by atoms with E-state index in [9.17, 15) is 30.3 Å². The molecule has 0 saturated carbocycles. The molecule has 0 aliphatic carbocycles. The molecule has 2 heterocycles. The number of aromatic nitrogens is 1. The second-order valence-corrected chi connectivity index (χ2v) is 6.82. The number of para-hydroxylation sites is 1. The van der Waals surface area contributed by atoms with E-state index in [1.807, 2.05) is 0 Å². The Balaban J connectivity index is 0.000000181. The molecule has 168 valence electrons. The third-order valence-electron chi connectivity index (χ3n) is 4.79. The molecule has 1 saturated heterocycles. The van der Waals surface area contributed by atoms with Gasteiger partial charge in [0.1, 0.15) is 0 Å². The van der Waals surface area contributed by atoms with Crippen LogP contribution in [0.1, 0.15) is 0 Å². The van der Waals surface area contributed by atoms with Crippen molar-refractivity contribution in [1.29, 1.82) is 0 Å². The van der Waals surface area contributed by atoms with E-state index in [0.717, 1.165) is 33.0 Å². The molecule has 0 spiro atoms. The molecule has 0 amide bonds. The van der Waals surface area contributed by atoms with E-state index in [2.05, 4.69) is 46.0 Å². The zero-order valence-corrected chi connectivity index (χ0v) is 16.7. The van der Waals surface area contributed by atoms with E-state index in [1.54, 1.807) is 0 Å². The number of rotatable bonds is 5. The number of phenols is 1. The third-order valence-corrected chi connectivity index (χ3v) is 4.79. The number of hydrogen-bond donors (Lipinski definition) is 1. The van der Waals surface area contributed by atoms with Crippen LogP contribution in [-0.4, -0.2) is 55.6 Å². The monoisotopic (exact) mass is 445 g/mol. The molecular formula is C19H19N5O8. The number of non-ortho nitro benzene ring substituents is 1. The van der Waals surface area contributed by atoms with Crippen molar-refractivity contribution in [3.63, 3.8) is 0 Å². The smallest absolute Gasteiger partial charge is 0.324 e. The van der Waals surface area contributed by atoms with Gasteiger partial charge < -0.3 is 14.4 Å². The highest BCUT2D eigenvalue weighted by Crippen LogP contribution is 2.38. The Morgan fingerprint density at radius 1 is 0.906 bits per heavy atom. The Hall–Kier alpha value is -4.10. The second kappa shape index (κ2) is 9.80. The lowest BCUT2D eigenvalue weighted by Gasteiger charge is -2.27. The molecule has 1 N–H and O–H groups in total. The van der Waals surface area contributed by atoms with Crippen LogP contribution in [0.25, 0.3) is 10.9 Å². The van der Waals surface area contributed by atoms with Gasteiger partial charge in [-0.3, -0.25) is 35.2 Å². The standard InChI is InChI=1S/C13H16N2O.C6H3N3O7/c1-2-4-13-12(3-1)5-6-15(13)11-14-7-9-16-10-8-14;10-6-4(8(13)14)1-3(7(11)12)2-5(6)9(15)16/h1-6H,7-11H2;1-2,10H. The van der Waals surface area contributed by atoms with Gasteiger partial charge in [-0.1, -0.05) is 18.2 Å². The first-order valence-electron chi connectivity index (χ1n) is 9.42. The van der Waals surface area contributed by atoms with Gasteiger partial charge in [0.2, 0.25) is 0 Å². The molecule has 0 atom stereocenters. The molecule has 3 aromatic rings. The fraction of sp³-hybridized carbons (Fsp3) is 0.263. The summed E-state index contributed by atoms with van der Waals surface area (Å²) in [6.45, 7) is 4.76. The lowest BCUT2D eigenvalue weighted by atomic mass is 10.2. The largest absolute Gasteiger partial charge is 0.497 e. The number of phenolic OH excluding ortho intramolecular Hbond substituents is 1. The van der Waals surface area contributed by atoms with Crippen molar-refractivity contribution in [1.82, 2.24) is 9.47 Å². The highest BCUT2D eigenvalue weighted by atomic mass is 16.6. The number of ether oxygens (including phenoxy) is 1. The van der Waals surface area contributed by atoms with E-state index in [-0.39, 0.29) is 0 Å². The van der Waals surface area contributed by atoms with E-state index in [1.165, 1.54) is 10.9 Å². The summed E-state index contributed by atoms with van der Waals surface area (Å²) in [4.78, 5) is 30.2. The number of benzene rings is 2. The quantitative estimate of drug-likeness (QED) is 0.458. The fourth-order valence-corrected chi connectivity index (χ4v) is 3.20. The molecule has 13 heteroatoms. The van der Waals surface area contributed by atoms with E-state index in [4.69, 9.17) is 9.84 Å². The SMILES string of the molecule is O=[N+]([O-])c1cc([N+](=O)[O-])c(O)c([N+](=O)[O-])c1.c1ccc2c(c1)ccn2CN1CCOCC1. The van der Waals surface area contributed by atoms with Crippen LogP contribution < -0.4 is 0 Å². The summed E-state index contributed by atoms with van der Waals surface area (Å²) in [7, 11) is 0. The second-order valence-electron chi connectivity index (χ2n) is 6.82. The molecule has 32 heavy (non-hydrogen) atoms. The van der Waals surface area contributed by atoms with Gasteiger partial charge in [0.25, 0.3) is 11.4 Å². The lowest BCUT2D eigenvalue weighted by molar-refractivity contribution is -0.404. The van der Waals surface area contributed by atoms with Crippen molar-refractivity contribution in [3.8, 4) is 5.75 Å². The van der Waals surface area contributed by atoms with Crippen molar-refractivity contribution < 1.29 is 24.6 Å². The fourth-order valence-electron chi connectivity index (χ4n) is 3.20. The number of morpholine rings is 1. The summed E-state index contributed by atoms with van der Waals surface area (Å²) in [5.74, 6) is -1.21. The Kier molecular flexibility index (Phi) is 6.92. The number of nitrogens with zero attached hydrogens (tertiary/aromatic N) is 5. The maximum atomic E-state index is 10.4. The first-order chi connectivity index (χ1) is 15.3. The Labute approximate surface area is 180 Å². The number of nitro benzene ring substituents is 3. The van der Waals surface area contributed by atoms with Crippen molar-refractivity contribution >= 4 is 28.0 Å². The number of nitro groups is 3. The van der Waals surface area contributed by atoms with Gasteiger partial charge >= 0.3 is 11.4 Å². The Bertz CT molecular complexity index is 1120. The zero-order chi connectivity index (χ0) is 23.3. The maximum Gasteiger partial charge on any atom is 0.324 e. The average Bonchev–Trinajstić information content (AvgIpc) is 3.17. The molecule has 1 aromatic heterocycles. The highest BCUT2D eigenvalue weighted by Gasteiger charge is 2.30. The summed E-state index contributed by atoms with van der Waals surface area (Å²) in [5, 5.41) is 41.5. The Morgan fingerprint density at radius 3 is 2.06 bits per heavy atom. The van der Waals surface area contributed by atoms with Gasteiger partial charge in [-0.2, -0.15) is 0 Å². The van der Waals surface area contributed by atoms with Crippen LogP contribution >= 0.6 is 0 Å².